The predicted octanol–water partition coefficient (Wildman–Crippen LogP) is 2.74. The number of rotatable bonds is 11. The van der Waals surface area contributed by atoms with Crippen LogP contribution in [-0.2, 0) is 22.7 Å². The van der Waals surface area contributed by atoms with Crippen LogP contribution in [-0.4, -0.2) is 73.1 Å². The molecule has 230 valence electrons. The van der Waals surface area contributed by atoms with Gasteiger partial charge in [-0.2, -0.15) is 0 Å². The molecule has 3 amide bonds. The fourth-order valence-corrected chi connectivity index (χ4v) is 5.38. The summed E-state index contributed by atoms with van der Waals surface area (Å²) in [5.41, 5.74) is 19.2. The molecule has 4 rings (SSSR count). The van der Waals surface area contributed by atoms with Gasteiger partial charge in [0.1, 0.15) is 11.8 Å². The summed E-state index contributed by atoms with van der Waals surface area (Å²) in [5, 5.41) is 4.87. The summed E-state index contributed by atoms with van der Waals surface area (Å²) < 4.78 is 11.1. The zero-order chi connectivity index (χ0) is 30.9. The molecule has 1 aliphatic rings. The molecule has 2 atom stereocenters. The first-order chi connectivity index (χ1) is 20.8. The molecule has 0 aromatic heterocycles. The first kappa shape index (κ1) is 32.0. The number of halogens is 1. The minimum atomic E-state index is -0.980. The smallest absolute Gasteiger partial charge is 0.415 e. The molecular formula is C31H39ClN6O5. The number of unbranched alkanes of at least 4 members (excludes halogenated alkanes) is 1. The Morgan fingerprint density at radius 3 is 2.58 bits per heavy atom. The summed E-state index contributed by atoms with van der Waals surface area (Å²) in [4.78, 5) is 43.1. The third kappa shape index (κ3) is 7.74. The van der Waals surface area contributed by atoms with Crippen LogP contribution < -0.4 is 32.0 Å². The Labute approximate surface area is 256 Å². The van der Waals surface area contributed by atoms with Gasteiger partial charge in [-0.1, -0.05) is 60.5 Å². The Morgan fingerprint density at radius 2 is 1.84 bits per heavy atom. The van der Waals surface area contributed by atoms with Crippen LogP contribution in [0.15, 0.2) is 54.6 Å². The number of hydrogen-bond acceptors (Lipinski definition) is 8. The van der Waals surface area contributed by atoms with Crippen molar-refractivity contribution in [2.24, 2.45) is 17.2 Å². The lowest BCUT2D eigenvalue weighted by Crippen LogP contribution is -2.64. The van der Waals surface area contributed by atoms with E-state index in [9.17, 15) is 14.4 Å². The van der Waals surface area contributed by atoms with Gasteiger partial charge in [0.15, 0.2) is 5.75 Å². The molecular weight excluding hydrogens is 572 g/mol. The number of carbonyl (C=O) groups is 3. The molecule has 0 radical (unpaired) electrons. The topological polar surface area (TPSA) is 166 Å². The molecule has 43 heavy (non-hydrogen) atoms. The first-order valence-electron chi connectivity index (χ1n) is 14.3. The first-order valence-corrected chi connectivity index (χ1v) is 14.7. The molecule has 3 aromatic rings. The highest BCUT2D eigenvalue weighted by Crippen LogP contribution is 2.33. The summed E-state index contributed by atoms with van der Waals surface area (Å²) in [6, 6.07) is 14.7. The highest BCUT2D eigenvalue weighted by atomic mass is 35.5. The van der Waals surface area contributed by atoms with Crippen LogP contribution in [0.1, 0.15) is 30.4 Å². The monoisotopic (exact) mass is 610 g/mol. The van der Waals surface area contributed by atoms with Crippen LogP contribution in [0.5, 0.6) is 11.5 Å². The van der Waals surface area contributed by atoms with Gasteiger partial charge in [0.25, 0.3) is 0 Å². The lowest BCUT2D eigenvalue weighted by atomic mass is 10.1. The molecule has 1 heterocycles. The second-order valence-corrected chi connectivity index (χ2v) is 10.8. The SMILES string of the molecule is COc1cc(CNC(=O)[C@@H]2CN(C(=O)Oc3ccc4ccccc4c3Cl)CCN2C(=O)[C@H](N)CCCCN)ccc1CN. The highest BCUT2D eigenvalue weighted by molar-refractivity contribution is 6.37. The Hall–Kier alpha value is -3.90. The number of nitrogens with one attached hydrogen (secondary N) is 1. The highest BCUT2D eigenvalue weighted by Gasteiger charge is 2.39. The number of piperazine rings is 1. The largest absolute Gasteiger partial charge is 0.496 e. The predicted molar refractivity (Wildman–Crippen MR) is 166 cm³/mol. The maximum absolute atomic E-state index is 13.6. The van der Waals surface area contributed by atoms with Gasteiger partial charge in [-0.3, -0.25) is 9.59 Å². The van der Waals surface area contributed by atoms with Gasteiger partial charge in [-0.25, -0.2) is 4.79 Å². The molecule has 0 unspecified atom stereocenters. The van der Waals surface area contributed by atoms with Crippen molar-refractivity contribution in [1.82, 2.24) is 15.1 Å². The van der Waals surface area contributed by atoms with Crippen molar-refractivity contribution in [2.45, 2.75) is 44.4 Å². The molecule has 1 fully saturated rings. The van der Waals surface area contributed by atoms with Crippen LogP contribution in [0.4, 0.5) is 4.79 Å². The number of benzene rings is 3. The van der Waals surface area contributed by atoms with Crippen molar-refractivity contribution in [3.8, 4) is 11.5 Å². The van der Waals surface area contributed by atoms with Crippen molar-refractivity contribution < 1.29 is 23.9 Å². The van der Waals surface area contributed by atoms with E-state index in [2.05, 4.69) is 5.32 Å². The molecule has 0 aliphatic carbocycles. The summed E-state index contributed by atoms with van der Waals surface area (Å²) >= 11 is 6.55. The fraction of sp³-hybridized carbons (Fsp3) is 0.387. The summed E-state index contributed by atoms with van der Waals surface area (Å²) in [6.45, 7) is 1.20. The fourth-order valence-electron chi connectivity index (χ4n) is 5.11. The lowest BCUT2D eigenvalue weighted by Gasteiger charge is -2.41. The summed E-state index contributed by atoms with van der Waals surface area (Å²) in [6.07, 6.45) is 1.21. The minimum Gasteiger partial charge on any atom is -0.496 e. The number of nitrogens with two attached hydrogens (primary N) is 3. The van der Waals surface area contributed by atoms with Crippen molar-refractivity contribution in [2.75, 3.05) is 33.3 Å². The average Bonchev–Trinajstić information content (AvgIpc) is 3.04. The third-order valence-electron chi connectivity index (χ3n) is 7.57. The van der Waals surface area contributed by atoms with Gasteiger partial charge in [-0.15, -0.1) is 0 Å². The maximum atomic E-state index is 13.6. The molecule has 11 nitrogen and oxygen atoms in total. The van der Waals surface area contributed by atoms with E-state index in [1.807, 2.05) is 42.5 Å². The van der Waals surface area contributed by atoms with E-state index in [1.54, 1.807) is 19.2 Å². The van der Waals surface area contributed by atoms with Gasteiger partial charge in [-0.05, 0) is 42.5 Å². The molecule has 1 aliphatic heterocycles. The molecule has 1 saturated heterocycles. The minimum absolute atomic E-state index is 0.0768. The Balaban J connectivity index is 1.50. The Bertz CT molecular complexity index is 1450. The quantitative estimate of drug-likeness (QED) is 0.241. The van der Waals surface area contributed by atoms with Crippen molar-refractivity contribution >= 4 is 40.3 Å². The average molecular weight is 611 g/mol. The molecule has 12 heteroatoms. The van der Waals surface area contributed by atoms with Gasteiger partial charge < -0.3 is 41.8 Å². The molecule has 7 N–H and O–H groups in total. The van der Waals surface area contributed by atoms with E-state index in [0.29, 0.717) is 36.7 Å². The van der Waals surface area contributed by atoms with E-state index < -0.39 is 24.1 Å². The van der Waals surface area contributed by atoms with Gasteiger partial charge in [0.2, 0.25) is 11.8 Å². The number of methoxy groups -OCH3 is 1. The molecule has 0 spiro atoms. The number of amides is 3. The summed E-state index contributed by atoms with van der Waals surface area (Å²) in [7, 11) is 1.55. The van der Waals surface area contributed by atoms with E-state index in [4.69, 9.17) is 38.3 Å². The second-order valence-electron chi connectivity index (χ2n) is 10.4. The van der Waals surface area contributed by atoms with E-state index in [0.717, 1.165) is 28.3 Å². The number of fused-ring (bicyclic) bond motifs is 1. The summed E-state index contributed by atoms with van der Waals surface area (Å²) in [5.74, 6) is 0.0532. The Kier molecular flexibility index (Phi) is 11.2. The zero-order valence-electron chi connectivity index (χ0n) is 24.3. The van der Waals surface area contributed by atoms with E-state index in [-0.39, 0.29) is 37.8 Å². The van der Waals surface area contributed by atoms with Gasteiger partial charge in [0, 0.05) is 37.1 Å². The van der Waals surface area contributed by atoms with Crippen LogP contribution in [0, 0.1) is 0 Å². The number of carbonyl (C=O) groups excluding carboxylic acids is 3. The maximum Gasteiger partial charge on any atom is 0.415 e. The van der Waals surface area contributed by atoms with Crippen LogP contribution in [0.25, 0.3) is 10.8 Å². The standard InChI is InChI=1S/C31H39ClN6O5/c1-42-27-16-20(9-10-22(27)17-34)18-36-29(39)25-19-37(14-15-38(25)30(40)24(35)8-4-5-13-33)31(41)43-26-12-11-21-6-2-3-7-23(21)28(26)32/h2-3,6-7,9-12,16,24-25H,4-5,8,13-15,17-19,33-35H2,1H3,(H,36,39)/t24-,25+/m1/s1. The number of ether oxygens (including phenoxy) is 2. The Morgan fingerprint density at radius 1 is 1.05 bits per heavy atom. The lowest BCUT2D eigenvalue weighted by molar-refractivity contribution is -0.144. The van der Waals surface area contributed by atoms with Crippen LogP contribution in [0.3, 0.4) is 0 Å². The van der Waals surface area contributed by atoms with Crippen LogP contribution >= 0.6 is 11.6 Å². The zero-order valence-corrected chi connectivity index (χ0v) is 25.0. The molecule has 0 bridgehead atoms. The third-order valence-corrected chi connectivity index (χ3v) is 7.96. The number of nitrogens with zero attached hydrogens (tertiary/aromatic N) is 2. The van der Waals surface area contributed by atoms with Gasteiger partial charge >= 0.3 is 6.09 Å². The second kappa shape index (κ2) is 15.0. The van der Waals surface area contributed by atoms with Gasteiger partial charge in [0.05, 0.1) is 24.7 Å². The normalized spacial score (nSPS) is 15.7. The number of hydrogen-bond donors (Lipinski definition) is 4. The molecule has 0 saturated carbocycles. The molecule has 3 aromatic carbocycles. The van der Waals surface area contributed by atoms with Crippen molar-refractivity contribution in [3.63, 3.8) is 0 Å². The van der Waals surface area contributed by atoms with Crippen molar-refractivity contribution in [1.29, 1.82) is 0 Å². The van der Waals surface area contributed by atoms with Crippen LogP contribution in [0.2, 0.25) is 5.02 Å². The van der Waals surface area contributed by atoms with Crippen molar-refractivity contribution in [3.05, 3.63) is 70.7 Å². The van der Waals surface area contributed by atoms with E-state index in [1.165, 1.54) is 9.80 Å². The van der Waals surface area contributed by atoms with E-state index >= 15 is 0 Å².